The van der Waals surface area contributed by atoms with Crippen LogP contribution in [0.5, 0.6) is 0 Å². The van der Waals surface area contributed by atoms with E-state index in [2.05, 4.69) is 15.5 Å². The Kier molecular flexibility index (Phi) is 7.14. The fourth-order valence-electron chi connectivity index (χ4n) is 1.60. The average molecular weight is 331 g/mol. The van der Waals surface area contributed by atoms with Crippen LogP contribution >= 0.6 is 24.0 Å². The summed E-state index contributed by atoms with van der Waals surface area (Å²) in [5.41, 5.74) is 6.11. The molecule has 0 saturated carbocycles. The van der Waals surface area contributed by atoms with Gasteiger partial charge in [-0.15, -0.1) is 12.4 Å². The second kappa shape index (κ2) is 8.61. The first-order valence-electron chi connectivity index (χ1n) is 6.24. The molecule has 8 heteroatoms. The van der Waals surface area contributed by atoms with E-state index < -0.39 is 0 Å². The molecule has 1 aromatic carbocycles. The van der Waals surface area contributed by atoms with Gasteiger partial charge in [0.25, 0.3) is 0 Å². The minimum Gasteiger partial charge on any atom is -0.356 e. The van der Waals surface area contributed by atoms with Crippen molar-refractivity contribution in [2.75, 3.05) is 13.1 Å². The maximum Gasteiger partial charge on any atom is 0.228 e. The van der Waals surface area contributed by atoms with Crippen LogP contribution in [0, 0.1) is 0 Å². The van der Waals surface area contributed by atoms with Gasteiger partial charge >= 0.3 is 0 Å². The number of nitrogens with zero attached hydrogens (tertiary/aromatic N) is 2. The molecule has 0 aliphatic heterocycles. The highest BCUT2D eigenvalue weighted by Crippen LogP contribution is 2.18. The smallest absolute Gasteiger partial charge is 0.228 e. The molecule has 1 heterocycles. The number of nitrogens with one attached hydrogen (secondary N) is 1. The van der Waals surface area contributed by atoms with Gasteiger partial charge in [0.15, 0.2) is 0 Å². The van der Waals surface area contributed by atoms with E-state index in [1.165, 1.54) is 0 Å². The normalized spacial score (nSPS) is 10.0. The number of nitrogens with two attached hydrogens (primary N) is 1. The number of rotatable bonds is 6. The topological polar surface area (TPSA) is 94.0 Å². The Morgan fingerprint density at radius 3 is 2.71 bits per heavy atom. The van der Waals surface area contributed by atoms with E-state index in [0.29, 0.717) is 42.7 Å². The van der Waals surface area contributed by atoms with Crippen molar-refractivity contribution in [3.05, 3.63) is 35.2 Å². The molecule has 2 rings (SSSR count). The zero-order valence-electron chi connectivity index (χ0n) is 11.2. The second-order valence-corrected chi connectivity index (χ2v) is 4.59. The summed E-state index contributed by atoms with van der Waals surface area (Å²) in [4.78, 5) is 15.5. The van der Waals surface area contributed by atoms with E-state index in [-0.39, 0.29) is 18.3 Å². The van der Waals surface area contributed by atoms with Crippen LogP contribution in [0.25, 0.3) is 11.4 Å². The summed E-state index contributed by atoms with van der Waals surface area (Å²) in [5.74, 6) is 0.901. The lowest BCUT2D eigenvalue weighted by Gasteiger charge is -2.00. The van der Waals surface area contributed by atoms with E-state index >= 15 is 0 Å². The number of carbonyl (C=O) groups excluding carboxylic acids is 1. The van der Waals surface area contributed by atoms with Gasteiger partial charge in [0.05, 0.1) is 0 Å². The maximum atomic E-state index is 11.2. The summed E-state index contributed by atoms with van der Waals surface area (Å²) in [5, 5.41) is 7.27. The van der Waals surface area contributed by atoms with Crippen molar-refractivity contribution < 1.29 is 9.32 Å². The van der Waals surface area contributed by atoms with E-state index in [4.69, 9.17) is 21.9 Å². The van der Waals surface area contributed by atoms with Gasteiger partial charge in [0.1, 0.15) is 0 Å². The third kappa shape index (κ3) is 5.34. The standard InChI is InChI=1S/C13H15ClN4O2.ClH/c14-10-3-1-9(2-4-10)13-17-12(20-18-13)6-8-16-11(19)5-7-15;/h1-4H,5-8,15H2,(H,16,19);1H. The van der Waals surface area contributed by atoms with Crippen molar-refractivity contribution in [1.82, 2.24) is 15.5 Å². The maximum absolute atomic E-state index is 11.2. The third-order valence-corrected chi connectivity index (χ3v) is 2.85. The number of carbonyl (C=O) groups is 1. The Balaban J connectivity index is 0.00000220. The first kappa shape index (κ1) is 17.4. The van der Waals surface area contributed by atoms with Gasteiger partial charge in [-0.3, -0.25) is 4.79 Å². The number of benzene rings is 1. The molecule has 0 unspecified atom stereocenters. The van der Waals surface area contributed by atoms with Crippen LogP contribution in [-0.4, -0.2) is 29.1 Å². The van der Waals surface area contributed by atoms with Crippen LogP contribution in [0.1, 0.15) is 12.3 Å². The van der Waals surface area contributed by atoms with Crippen LogP contribution < -0.4 is 11.1 Å². The summed E-state index contributed by atoms with van der Waals surface area (Å²) in [7, 11) is 0. The highest BCUT2D eigenvalue weighted by molar-refractivity contribution is 6.30. The van der Waals surface area contributed by atoms with Crippen LogP contribution in [0.15, 0.2) is 28.8 Å². The summed E-state index contributed by atoms with van der Waals surface area (Å²) >= 11 is 5.81. The molecule has 6 nitrogen and oxygen atoms in total. The minimum atomic E-state index is -0.0788. The summed E-state index contributed by atoms with van der Waals surface area (Å²) < 4.78 is 5.12. The molecule has 2 aromatic rings. The van der Waals surface area contributed by atoms with Gasteiger partial charge < -0.3 is 15.6 Å². The Morgan fingerprint density at radius 2 is 2.05 bits per heavy atom. The van der Waals surface area contributed by atoms with Crippen LogP contribution in [0.4, 0.5) is 0 Å². The molecule has 21 heavy (non-hydrogen) atoms. The Labute approximate surface area is 133 Å². The first-order chi connectivity index (χ1) is 9.69. The number of amides is 1. The Hall–Kier alpha value is -1.63. The monoisotopic (exact) mass is 330 g/mol. The lowest BCUT2D eigenvalue weighted by atomic mass is 10.2. The third-order valence-electron chi connectivity index (χ3n) is 2.60. The minimum absolute atomic E-state index is 0. The molecule has 0 aliphatic rings. The van der Waals surface area contributed by atoms with Gasteiger partial charge in [0, 0.05) is 36.5 Å². The number of halogens is 2. The molecule has 1 aromatic heterocycles. The summed E-state index contributed by atoms with van der Waals surface area (Å²) in [6.07, 6.45) is 0.802. The van der Waals surface area contributed by atoms with Gasteiger partial charge in [-0.25, -0.2) is 0 Å². The van der Waals surface area contributed by atoms with Crippen LogP contribution in [0.2, 0.25) is 5.02 Å². The largest absolute Gasteiger partial charge is 0.356 e. The molecular weight excluding hydrogens is 315 g/mol. The average Bonchev–Trinajstić information content (AvgIpc) is 2.89. The lowest BCUT2D eigenvalue weighted by Crippen LogP contribution is -2.27. The van der Waals surface area contributed by atoms with Crippen LogP contribution in [-0.2, 0) is 11.2 Å². The lowest BCUT2D eigenvalue weighted by molar-refractivity contribution is -0.120. The van der Waals surface area contributed by atoms with Crippen molar-refractivity contribution in [1.29, 1.82) is 0 Å². The predicted octanol–water partition coefficient (Wildman–Crippen LogP) is 1.82. The zero-order valence-corrected chi connectivity index (χ0v) is 12.8. The molecule has 0 radical (unpaired) electrons. The second-order valence-electron chi connectivity index (χ2n) is 4.16. The molecule has 0 saturated heterocycles. The highest BCUT2D eigenvalue weighted by Gasteiger charge is 2.08. The Morgan fingerprint density at radius 1 is 1.33 bits per heavy atom. The first-order valence-corrected chi connectivity index (χ1v) is 6.62. The fourth-order valence-corrected chi connectivity index (χ4v) is 1.73. The van der Waals surface area contributed by atoms with E-state index in [1.807, 2.05) is 12.1 Å². The van der Waals surface area contributed by atoms with Crippen molar-refractivity contribution in [3.63, 3.8) is 0 Å². The van der Waals surface area contributed by atoms with Crippen molar-refractivity contribution in [2.24, 2.45) is 5.73 Å². The SMILES string of the molecule is Cl.NCCC(=O)NCCc1nc(-c2ccc(Cl)cc2)no1. The highest BCUT2D eigenvalue weighted by atomic mass is 35.5. The van der Waals surface area contributed by atoms with Gasteiger partial charge in [0.2, 0.25) is 17.6 Å². The zero-order chi connectivity index (χ0) is 14.4. The number of hydrogen-bond donors (Lipinski definition) is 2. The predicted molar refractivity (Wildman–Crippen MR) is 82.4 cm³/mol. The molecule has 114 valence electrons. The quantitative estimate of drug-likeness (QED) is 0.842. The van der Waals surface area contributed by atoms with Crippen LogP contribution in [0.3, 0.4) is 0 Å². The fraction of sp³-hybridized carbons (Fsp3) is 0.308. The summed E-state index contributed by atoms with van der Waals surface area (Å²) in [6, 6.07) is 7.17. The number of aromatic nitrogens is 2. The molecule has 0 bridgehead atoms. The van der Waals surface area contributed by atoms with E-state index in [0.717, 1.165) is 5.56 Å². The van der Waals surface area contributed by atoms with Gasteiger partial charge in [-0.2, -0.15) is 4.98 Å². The van der Waals surface area contributed by atoms with Gasteiger partial charge in [-0.1, -0.05) is 16.8 Å². The molecule has 1 amide bonds. The molecule has 0 aliphatic carbocycles. The van der Waals surface area contributed by atoms with E-state index in [9.17, 15) is 4.79 Å². The van der Waals surface area contributed by atoms with Crippen molar-refractivity contribution in [2.45, 2.75) is 12.8 Å². The molecule has 0 atom stereocenters. The molecule has 0 fully saturated rings. The molecular formula is C13H16Cl2N4O2. The molecule has 3 N–H and O–H groups in total. The molecule has 0 spiro atoms. The van der Waals surface area contributed by atoms with E-state index in [1.54, 1.807) is 12.1 Å². The van der Waals surface area contributed by atoms with Crippen molar-refractivity contribution >= 4 is 29.9 Å². The Bertz CT molecular complexity index is 572. The van der Waals surface area contributed by atoms with Gasteiger partial charge in [-0.05, 0) is 24.3 Å². The summed E-state index contributed by atoms with van der Waals surface area (Å²) in [6.45, 7) is 0.786. The number of hydrogen-bond acceptors (Lipinski definition) is 5. The van der Waals surface area contributed by atoms with Crippen molar-refractivity contribution in [3.8, 4) is 11.4 Å².